The highest BCUT2D eigenvalue weighted by Gasteiger charge is 2.13. The average Bonchev–Trinajstić information content (AvgIpc) is 1.85. The van der Waals surface area contributed by atoms with Crippen LogP contribution in [0.1, 0.15) is 20.8 Å². The number of nitrogens with zero attached hydrogens (tertiary/aromatic N) is 2. The third-order valence-corrected chi connectivity index (χ3v) is 1.32. The Morgan fingerprint density at radius 2 is 2.09 bits per heavy atom. The molecule has 2 heteroatoms. The van der Waals surface area contributed by atoms with Crippen LogP contribution in [-0.4, -0.2) is 4.98 Å². The van der Waals surface area contributed by atoms with Crippen LogP contribution in [0.5, 0.6) is 0 Å². The van der Waals surface area contributed by atoms with Crippen molar-refractivity contribution in [1.29, 1.82) is 0 Å². The van der Waals surface area contributed by atoms with Gasteiger partial charge in [0.25, 0.3) is 6.33 Å². The Labute approximate surface area is 67.9 Å². The predicted octanol–water partition coefficient (Wildman–Crippen LogP) is 1.42. The normalized spacial score (nSPS) is 11.5. The summed E-state index contributed by atoms with van der Waals surface area (Å²) >= 11 is 0. The van der Waals surface area contributed by atoms with Crippen molar-refractivity contribution in [3.63, 3.8) is 0 Å². The van der Waals surface area contributed by atoms with E-state index in [0.717, 1.165) is 6.54 Å². The lowest BCUT2D eigenvalue weighted by Gasteiger charge is -2.14. The lowest BCUT2D eigenvalue weighted by molar-refractivity contribution is -0.711. The van der Waals surface area contributed by atoms with Crippen LogP contribution in [0.3, 0.4) is 0 Å². The first kappa shape index (κ1) is 8.18. The molecule has 0 spiro atoms. The molecule has 0 saturated heterocycles. The molecule has 2 nitrogen and oxygen atoms in total. The summed E-state index contributed by atoms with van der Waals surface area (Å²) in [6.45, 7) is 7.66. The first-order valence-electron chi connectivity index (χ1n) is 3.87. The van der Waals surface area contributed by atoms with Crippen molar-refractivity contribution in [3.05, 3.63) is 24.8 Å². The minimum Gasteiger partial charge on any atom is -0.237 e. The van der Waals surface area contributed by atoms with Crippen LogP contribution in [-0.2, 0) is 6.54 Å². The van der Waals surface area contributed by atoms with Crippen LogP contribution in [0.2, 0.25) is 0 Å². The van der Waals surface area contributed by atoms with E-state index in [1.807, 2.05) is 18.6 Å². The molecular formula is C9H15N2+. The Morgan fingerprint density at radius 3 is 2.55 bits per heavy atom. The van der Waals surface area contributed by atoms with Crippen LogP contribution in [0, 0.1) is 5.41 Å². The van der Waals surface area contributed by atoms with Crippen molar-refractivity contribution in [3.8, 4) is 0 Å². The molecule has 0 fully saturated rings. The topological polar surface area (TPSA) is 16.8 Å². The molecule has 1 rings (SSSR count). The fourth-order valence-electron chi connectivity index (χ4n) is 1.00. The zero-order valence-corrected chi connectivity index (χ0v) is 7.41. The van der Waals surface area contributed by atoms with Crippen molar-refractivity contribution >= 4 is 0 Å². The number of hydrogen-bond donors (Lipinski definition) is 0. The fourth-order valence-corrected chi connectivity index (χ4v) is 1.00. The van der Waals surface area contributed by atoms with Gasteiger partial charge in [0.1, 0.15) is 6.20 Å². The first-order valence-corrected chi connectivity index (χ1v) is 3.87. The largest absolute Gasteiger partial charge is 0.286 e. The molecule has 0 radical (unpaired) electrons. The third kappa shape index (κ3) is 3.12. The van der Waals surface area contributed by atoms with Gasteiger partial charge in [-0.1, -0.05) is 25.8 Å². The van der Waals surface area contributed by atoms with E-state index in [1.165, 1.54) is 0 Å². The third-order valence-electron chi connectivity index (χ3n) is 1.32. The second kappa shape index (κ2) is 2.99. The summed E-state index contributed by atoms with van der Waals surface area (Å²) in [5.41, 5.74) is 0.327. The monoisotopic (exact) mass is 151 g/mol. The summed E-state index contributed by atoms with van der Waals surface area (Å²) in [6, 6.07) is 1.95. The fraction of sp³-hybridized carbons (Fsp3) is 0.556. The van der Waals surface area contributed by atoms with E-state index < -0.39 is 0 Å². The maximum atomic E-state index is 4.03. The molecule has 0 aliphatic carbocycles. The van der Waals surface area contributed by atoms with Crippen molar-refractivity contribution in [2.45, 2.75) is 27.3 Å². The minimum absolute atomic E-state index is 0.327. The van der Waals surface area contributed by atoms with Gasteiger partial charge in [-0.2, -0.15) is 0 Å². The summed E-state index contributed by atoms with van der Waals surface area (Å²) in [6.07, 6.45) is 5.68. The molecule has 0 aliphatic heterocycles. The zero-order chi connectivity index (χ0) is 8.32. The zero-order valence-electron chi connectivity index (χ0n) is 7.41. The Morgan fingerprint density at radius 1 is 1.36 bits per heavy atom. The smallest absolute Gasteiger partial charge is 0.237 e. The van der Waals surface area contributed by atoms with Crippen molar-refractivity contribution in [2.75, 3.05) is 0 Å². The number of hydrogen-bond acceptors (Lipinski definition) is 1. The molecule has 0 aromatic carbocycles. The van der Waals surface area contributed by atoms with E-state index in [1.54, 1.807) is 6.20 Å². The van der Waals surface area contributed by atoms with Crippen LogP contribution in [0.15, 0.2) is 24.8 Å². The molecule has 1 heterocycles. The van der Waals surface area contributed by atoms with E-state index in [-0.39, 0.29) is 0 Å². The van der Waals surface area contributed by atoms with E-state index in [9.17, 15) is 0 Å². The molecule has 0 saturated carbocycles. The highest BCUT2D eigenvalue weighted by Crippen LogP contribution is 2.11. The molecule has 0 N–H and O–H groups in total. The molecule has 0 bridgehead atoms. The predicted molar refractivity (Wildman–Crippen MR) is 43.9 cm³/mol. The first-order chi connectivity index (χ1) is 5.08. The molecular weight excluding hydrogens is 136 g/mol. The summed E-state index contributed by atoms with van der Waals surface area (Å²) < 4.78 is 2.10. The molecule has 0 aliphatic rings. The van der Waals surface area contributed by atoms with E-state index in [0.29, 0.717) is 5.41 Å². The van der Waals surface area contributed by atoms with Crippen LogP contribution >= 0.6 is 0 Å². The molecule has 0 atom stereocenters. The van der Waals surface area contributed by atoms with Gasteiger partial charge in [0.15, 0.2) is 0 Å². The summed E-state index contributed by atoms with van der Waals surface area (Å²) in [7, 11) is 0. The lowest BCUT2D eigenvalue weighted by Crippen LogP contribution is -2.39. The van der Waals surface area contributed by atoms with E-state index in [2.05, 4.69) is 30.3 Å². The maximum Gasteiger partial charge on any atom is 0.286 e. The van der Waals surface area contributed by atoms with Gasteiger partial charge in [0, 0.05) is 6.07 Å². The maximum absolute atomic E-state index is 4.03. The Balaban J connectivity index is 2.66. The molecule has 60 valence electrons. The SMILES string of the molecule is CC(C)(C)C[n+]1cccnc1. The van der Waals surface area contributed by atoms with Gasteiger partial charge in [-0.05, 0) is 5.41 Å². The molecule has 11 heavy (non-hydrogen) atoms. The second-order valence-electron chi connectivity index (χ2n) is 3.99. The van der Waals surface area contributed by atoms with Gasteiger partial charge in [-0.3, -0.25) is 0 Å². The highest BCUT2D eigenvalue weighted by molar-refractivity contribution is 4.69. The Kier molecular flexibility index (Phi) is 2.22. The van der Waals surface area contributed by atoms with Gasteiger partial charge in [0.2, 0.25) is 0 Å². The Bertz CT molecular complexity index is 211. The van der Waals surface area contributed by atoms with Crippen LogP contribution in [0.4, 0.5) is 0 Å². The minimum atomic E-state index is 0.327. The molecule has 1 aromatic heterocycles. The average molecular weight is 151 g/mol. The van der Waals surface area contributed by atoms with Gasteiger partial charge >= 0.3 is 0 Å². The number of rotatable bonds is 1. The van der Waals surface area contributed by atoms with Gasteiger partial charge in [0.05, 0.1) is 12.7 Å². The van der Waals surface area contributed by atoms with Crippen molar-refractivity contribution < 1.29 is 4.57 Å². The van der Waals surface area contributed by atoms with Crippen LogP contribution in [0.25, 0.3) is 0 Å². The molecule has 1 aromatic rings. The van der Waals surface area contributed by atoms with Crippen molar-refractivity contribution in [1.82, 2.24) is 4.98 Å². The molecule has 0 unspecified atom stereocenters. The van der Waals surface area contributed by atoms with Gasteiger partial charge < -0.3 is 0 Å². The molecule has 0 amide bonds. The Hall–Kier alpha value is -0.920. The number of aromatic nitrogens is 2. The summed E-state index contributed by atoms with van der Waals surface area (Å²) in [4.78, 5) is 4.03. The van der Waals surface area contributed by atoms with Gasteiger partial charge in [-0.25, -0.2) is 4.57 Å². The highest BCUT2D eigenvalue weighted by atomic mass is 15.0. The standard InChI is InChI=1S/C9H15N2/c1-9(2,3)7-11-6-4-5-10-8-11/h4-6,8H,7H2,1-3H3/q+1. The lowest BCUT2D eigenvalue weighted by atomic mass is 9.97. The van der Waals surface area contributed by atoms with Crippen LogP contribution < -0.4 is 4.57 Å². The quantitative estimate of drug-likeness (QED) is 0.555. The summed E-state index contributed by atoms with van der Waals surface area (Å²) in [5.74, 6) is 0. The van der Waals surface area contributed by atoms with E-state index in [4.69, 9.17) is 0 Å². The second-order valence-corrected chi connectivity index (χ2v) is 3.99. The van der Waals surface area contributed by atoms with Crippen molar-refractivity contribution in [2.24, 2.45) is 5.41 Å². The van der Waals surface area contributed by atoms with E-state index >= 15 is 0 Å². The van der Waals surface area contributed by atoms with Gasteiger partial charge in [-0.15, -0.1) is 0 Å². The summed E-state index contributed by atoms with van der Waals surface area (Å²) in [5, 5.41) is 0.